The molecule has 4 nitrogen and oxygen atoms in total. The molecule has 6 heteroatoms. The molecule has 0 unspecified atom stereocenters. The average molecular weight is 340 g/mol. The van der Waals surface area contributed by atoms with Crippen molar-refractivity contribution >= 4 is 29.0 Å². The van der Waals surface area contributed by atoms with Crippen molar-refractivity contribution in [3.8, 4) is 5.75 Å². The lowest BCUT2D eigenvalue weighted by Crippen LogP contribution is -2.22. The second-order valence-electron chi connectivity index (χ2n) is 5.15. The van der Waals surface area contributed by atoms with Gasteiger partial charge in [-0.25, -0.2) is 4.98 Å². The molecule has 0 aliphatic carbocycles. The Bertz CT molecular complexity index is 954. The summed E-state index contributed by atoms with van der Waals surface area (Å²) in [5.74, 6) is -1.29. The van der Waals surface area contributed by atoms with Gasteiger partial charge < -0.3 is 14.6 Å². The lowest BCUT2D eigenvalue weighted by atomic mass is 10.1. The standard InChI is InChI=1S/C19H13F2NO3/c20-19(21)25-17-8-4-1-5-12(17)9-10-13-11-15(18(23)24)14-6-2-3-7-16(14)22-13/h1-11,19H,(H,23,24)/p-1/b10-9+. The van der Waals surface area contributed by atoms with Crippen molar-refractivity contribution in [2.45, 2.75) is 6.61 Å². The van der Waals surface area contributed by atoms with Crippen LogP contribution < -0.4 is 9.84 Å². The predicted octanol–water partition coefficient (Wildman–Crippen LogP) is 3.37. The molecule has 0 saturated heterocycles. The summed E-state index contributed by atoms with van der Waals surface area (Å²) in [6, 6.07) is 14.5. The number of aromatic carboxylic acids is 1. The molecule has 1 heterocycles. The van der Waals surface area contributed by atoms with Gasteiger partial charge in [0.1, 0.15) is 5.75 Å². The lowest BCUT2D eigenvalue weighted by Gasteiger charge is -2.09. The van der Waals surface area contributed by atoms with Gasteiger partial charge in [-0.15, -0.1) is 0 Å². The zero-order valence-electron chi connectivity index (χ0n) is 12.9. The summed E-state index contributed by atoms with van der Waals surface area (Å²) in [7, 11) is 0. The maximum Gasteiger partial charge on any atom is 0.387 e. The predicted molar refractivity (Wildman–Crippen MR) is 88.1 cm³/mol. The first-order valence-corrected chi connectivity index (χ1v) is 7.37. The maximum absolute atomic E-state index is 12.4. The summed E-state index contributed by atoms with van der Waals surface area (Å²) >= 11 is 0. The highest BCUT2D eigenvalue weighted by Crippen LogP contribution is 2.23. The zero-order valence-corrected chi connectivity index (χ0v) is 12.9. The lowest BCUT2D eigenvalue weighted by molar-refractivity contribution is -0.254. The summed E-state index contributed by atoms with van der Waals surface area (Å²) in [4.78, 5) is 15.7. The molecular weight excluding hydrogens is 328 g/mol. The number of para-hydroxylation sites is 2. The van der Waals surface area contributed by atoms with Gasteiger partial charge >= 0.3 is 6.61 Å². The van der Waals surface area contributed by atoms with Gasteiger partial charge in [-0.1, -0.05) is 36.4 Å². The molecule has 0 fully saturated rings. The molecule has 0 saturated carbocycles. The largest absolute Gasteiger partial charge is 0.545 e. The minimum Gasteiger partial charge on any atom is -0.545 e. The van der Waals surface area contributed by atoms with Crippen molar-refractivity contribution < 1.29 is 23.4 Å². The van der Waals surface area contributed by atoms with Crippen LogP contribution in [-0.2, 0) is 0 Å². The Hall–Kier alpha value is -3.28. The first-order chi connectivity index (χ1) is 12.0. The third-order valence-corrected chi connectivity index (χ3v) is 3.52. The quantitative estimate of drug-likeness (QED) is 0.714. The third-order valence-electron chi connectivity index (χ3n) is 3.52. The number of alkyl halides is 2. The van der Waals surface area contributed by atoms with Crippen molar-refractivity contribution in [3.05, 3.63) is 71.4 Å². The number of aromatic nitrogens is 1. The normalized spacial score (nSPS) is 11.3. The molecule has 0 radical (unpaired) electrons. The van der Waals surface area contributed by atoms with Crippen LogP contribution in [0.5, 0.6) is 5.75 Å². The molecule has 3 aromatic rings. The monoisotopic (exact) mass is 340 g/mol. The van der Waals surface area contributed by atoms with E-state index in [1.165, 1.54) is 24.3 Å². The molecule has 0 bridgehead atoms. The van der Waals surface area contributed by atoms with Crippen molar-refractivity contribution in [1.82, 2.24) is 4.98 Å². The Morgan fingerprint density at radius 1 is 1.08 bits per heavy atom. The van der Waals surface area contributed by atoms with Crippen LogP contribution in [0, 0.1) is 0 Å². The second-order valence-corrected chi connectivity index (χ2v) is 5.15. The third kappa shape index (κ3) is 3.80. The molecule has 0 N–H and O–H groups in total. The summed E-state index contributed by atoms with van der Waals surface area (Å²) in [5.41, 5.74) is 1.31. The molecule has 0 amide bonds. The minimum absolute atomic E-state index is 0.0161. The van der Waals surface area contributed by atoms with Gasteiger partial charge in [0.25, 0.3) is 0 Å². The van der Waals surface area contributed by atoms with E-state index in [0.717, 1.165) is 0 Å². The van der Waals surface area contributed by atoms with Crippen LogP contribution in [0.15, 0.2) is 54.6 Å². The number of benzene rings is 2. The number of halogens is 2. The molecule has 0 atom stereocenters. The van der Waals surface area contributed by atoms with E-state index in [1.54, 1.807) is 42.5 Å². The number of hydrogen-bond acceptors (Lipinski definition) is 4. The van der Waals surface area contributed by atoms with E-state index in [-0.39, 0.29) is 11.3 Å². The Kier molecular flexibility index (Phi) is 4.70. The van der Waals surface area contributed by atoms with Gasteiger partial charge in [0.15, 0.2) is 0 Å². The smallest absolute Gasteiger partial charge is 0.387 e. The molecule has 1 aromatic heterocycles. The Morgan fingerprint density at radius 2 is 1.80 bits per heavy atom. The fourth-order valence-corrected chi connectivity index (χ4v) is 2.45. The number of carboxylic acids is 1. The topological polar surface area (TPSA) is 62.2 Å². The highest BCUT2D eigenvalue weighted by atomic mass is 19.3. The Morgan fingerprint density at radius 3 is 2.56 bits per heavy atom. The first kappa shape index (κ1) is 16.6. The average Bonchev–Trinajstić information content (AvgIpc) is 2.59. The SMILES string of the molecule is O=C([O-])c1cc(/C=C/c2ccccc2OC(F)F)nc2ccccc12. The van der Waals surface area contributed by atoms with Crippen LogP contribution in [0.1, 0.15) is 21.6 Å². The van der Waals surface area contributed by atoms with Crippen LogP contribution in [0.2, 0.25) is 0 Å². The summed E-state index contributed by atoms with van der Waals surface area (Å²) in [5, 5.41) is 11.8. The number of rotatable bonds is 5. The summed E-state index contributed by atoms with van der Waals surface area (Å²) < 4.78 is 29.4. The number of nitrogens with zero attached hydrogens (tertiary/aromatic N) is 1. The van der Waals surface area contributed by atoms with Crippen LogP contribution in [0.25, 0.3) is 23.1 Å². The van der Waals surface area contributed by atoms with Crippen molar-refractivity contribution in [2.75, 3.05) is 0 Å². The van der Waals surface area contributed by atoms with E-state index in [2.05, 4.69) is 9.72 Å². The van der Waals surface area contributed by atoms with Crippen molar-refractivity contribution in [3.63, 3.8) is 0 Å². The van der Waals surface area contributed by atoms with Gasteiger partial charge in [-0.05, 0) is 30.4 Å². The van der Waals surface area contributed by atoms with E-state index in [1.807, 2.05) is 0 Å². The van der Waals surface area contributed by atoms with Gasteiger partial charge in [-0.3, -0.25) is 0 Å². The van der Waals surface area contributed by atoms with Gasteiger partial charge in [0, 0.05) is 16.5 Å². The molecular formula is C19H12F2NO3-. The highest BCUT2D eigenvalue weighted by molar-refractivity contribution is 6.02. The van der Waals surface area contributed by atoms with Gasteiger partial charge in [-0.2, -0.15) is 8.78 Å². The molecule has 0 spiro atoms. The molecule has 25 heavy (non-hydrogen) atoms. The molecule has 126 valence electrons. The number of carbonyl (C=O) groups is 1. The zero-order chi connectivity index (χ0) is 17.8. The van der Waals surface area contributed by atoms with E-state index in [4.69, 9.17) is 0 Å². The number of fused-ring (bicyclic) bond motifs is 1. The molecule has 2 aromatic carbocycles. The number of carboxylic acid groups (broad SMARTS) is 1. The number of pyridine rings is 1. The van der Waals surface area contributed by atoms with Crippen LogP contribution >= 0.6 is 0 Å². The molecule has 3 rings (SSSR count). The van der Waals surface area contributed by atoms with E-state index in [9.17, 15) is 18.7 Å². The van der Waals surface area contributed by atoms with Crippen LogP contribution in [0.3, 0.4) is 0 Å². The van der Waals surface area contributed by atoms with Gasteiger partial charge in [0.2, 0.25) is 0 Å². The summed E-state index contributed by atoms with van der Waals surface area (Å²) in [6.45, 7) is -2.93. The van der Waals surface area contributed by atoms with Crippen LogP contribution in [0.4, 0.5) is 8.78 Å². The summed E-state index contributed by atoms with van der Waals surface area (Å²) in [6.07, 6.45) is 3.07. The maximum atomic E-state index is 12.4. The van der Waals surface area contributed by atoms with E-state index < -0.39 is 12.6 Å². The van der Waals surface area contributed by atoms with Gasteiger partial charge in [0.05, 0.1) is 17.2 Å². The fraction of sp³-hybridized carbons (Fsp3) is 0.0526. The number of carbonyl (C=O) groups excluding carboxylic acids is 1. The van der Waals surface area contributed by atoms with Crippen LogP contribution in [-0.4, -0.2) is 17.6 Å². The first-order valence-electron chi connectivity index (χ1n) is 7.37. The Balaban J connectivity index is 2.01. The van der Waals surface area contributed by atoms with E-state index in [0.29, 0.717) is 22.2 Å². The van der Waals surface area contributed by atoms with E-state index >= 15 is 0 Å². The van der Waals surface area contributed by atoms with Crippen molar-refractivity contribution in [2.24, 2.45) is 0 Å². The fourth-order valence-electron chi connectivity index (χ4n) is 2.45. The van der Waals surface area contributed by atoms with Crippen molar-refractivity contribution in [1.29, 1.82) is 0 Å². The molecule has 0 aliphatic heterocycles. The minimum atomic E-state index is -2.93. The Labute approximate surface area is 142 Å². The highest BCUT2D eigenvalue weighted by Gasteiger charge is 2.08. The second kappa shape index (κ2) is 7.09. The molecule has 0 aliphatic rings. The number of ether oxygens (including phenoxy) is 1. The number of hydrogen-bond donors (Lipinski definition) is 0.